The number of aromatic nitrogens is 1. The van der Waals surface area contributed by atoms with Crippen LogP contribution in [0.15, 0.2) is 35.5 Å². The third-order valence-corrected chi connectivity index (χ3v) is 7.32. The summed E-state index contributed by atoms with van der Waals surface area (Å²) in [6.07, 6.45) is -0.523. The molecule has 2 aromatic carbocycles. The minimum Gasteiger partial charge on any atom is -0.479 e. The largest absolute Gasteiger partial charge is 0.479 e. The number of rotatable bonds is 10. The number of ketones is 1. The van der Waals surface area contributed by atoms with Crippen molar-refractivity contribution in [3.05, 3.63) is 64.9 Å². The molecule has 0 saturated carbocycles. The van der Waals surface area contributed by atoms with Crippen LogP contribution < -0.4 is 10.1 Å². The summed E-state index contributed by atoms with van der Waals surface area (Å²) in [5.74, 6) is -11.3. The lowest BCUT2D eigenvalue weighted by atomic mass is 9.90. The summed E-state index contributed by atoms with van der Waals surface area (Å²) in [6.45, 7) is 7.27. The van der Waals surface area contributed by atoms with Crippen LogP contribution in [0.2, 0.25) is 0 Å². The van der Waals surface area contributed by atoms with Crippen LogP contribution in [0.5, 0.6) is 5.75 Å². The first-order valence-corrected chi connectivity index (χ1v) is 13.9. The molecule has 236 valence electrons. The lowest BCUT2D eigenvalue weighted by Gasteiger charge is -2.27. The highest BCUT2D eigenvalue weighted by Gasteiger charge is 2.47. The molecule has 1 aliphatic rings. The summed E-state index contributed by atoms with van der Waals surface area (Å²) in [5.41, 5.74) is 0.646. The van der Waals surface area contributed by atoms with Crippen LogP contribution >= 0.6 is 0 Å². The maximum atomic E-state index is 14.1. The third kappa shape index (κ3) is 6.41. The number of benzene rings is 2. The predicted molar refractivity (Wildman–Crippen MR) is 152 cm³/mol. The van der Waals surface area contributed by atoms with Crippen molar-refractivity contribution in [1.82, 2.24) is 9.88 Å². The molecule has 0 fully saturated rings. The molecule has 44 heavy (non-hydrogen) atoms. The van der Waals surface area contributed by atoms with Crippen LogP contribution in [-0.4, -0.2) is 51.8 Å². The summed E-state index contributed by atoms with van der Waals surface area (Å²) in [5, 5.41) is 7.69. The zero-order chi connectivity index (χ0) is 32.6. The smallest absolute Gasteiger partial charge is 0.308 e. The topological polar surface area (TPSA) is 108 Å². The second kappa shape index (κ2) is 12.3. The molecule has 1 aliphatic heterocycles. The second-order valence-electron chi connectivity index (χ2n) is 11.6. The number of fused-ring (bicyclic) bond motifs is 1. The van der Waals surface area contributed by atoms with Crippen molar-refractivity contribution in [2.75, 3.05) is 6.61 Å². The zero-order valence-corrected chi connectivity index (χ0v) is 25.1. The standard InChI is InChI=1S/C31H33F4N3O6/c1-7-31(14-21(37-44-31)27-16(2)17-10-8-9-11-22(17)38(27)6)29(41)36-20(13-24(40)43-30(3,4)5)23(39)15-42-28-25(34)18(32)12-19(33)26(28)35/h8-12,20H,7,13-15H2,1-6H3,(H,36,41)/t20-,31?/m0/s1. The third-order valence-electron chi connectivity index (χ3n) is 7.32. The number of para-hydroxylation sites is 1. The Morgan fingerprint density at radius 3 is 2.34 bits per heavy atom. The van der Waals surface area contributed by atoms with E-state index < -0.39 is 76.9 Å². The van der Waals surface area contributed by atoms with E-state index in [9.17, 15) is 31.9 Å². The molecule has 2 atom stereocenters. The molecule has 0 spiro atoms. The normalized spacial score (nSPS) is 17.2. The molecule has 13 heteroatoms. The van der Waals surface area contributed by atoms with Gasteiger partial charge in [-0.2, -0.15) is 8.78 Å². The Bertz CT molecular complexity index is 1600. The number of hydrogen-bond acceptors (Lipinski definition) is 7. The zero-order valence-electron chi connectivity index (χ0n) is 25.1. The van der Waals surface area contributed by atoms with Crippen molar-refractivity contribution < 1.29 is 46.3 Å². The average molecular weight is 620 g/mol. The SMILES string of the molecule is CCC1(C(=O)N[C@@H](CC(=O)OC(C)(C)C)C(=O)COc2c(F)c(F)cc(F)c2F)CC(c2c(C)c3ccccc3n2C)=NO1. The summed E-state index contributed by atoms with van der Waals surface area (Å²) < 4.78 is 67.5. The van der Waals surface area contributed by atoms with Crippen LogP contribution in [0.4, 0.5) is 17.6 Å². The number of ether oxygens (including phenoxy) is 2. The Hall–Kier alpha value is -4.42. The molecule has 9 nitrogen and oxygen atoms in total. The molecule has 0 bridgehead atoms. The minimum absolute atomic E-state index is 0.00737. The molecule has 1 aromatic heterocycles. The highest BCUT2D eigenvalue weighted by Crippen LogP contribution is 2.34. The number of Topliss-reactive ketones (excluding diaryl/α,β-unsaturated/α-hetero) is 1. The molecule has 4 rings (SSSR count). The number of carbonyl (C=O) groups is 3. The molecule has 0 radical (unpaired) electrons. The molecule has 0 aliphatic carbocycles. The van der Waals surface area contributed by atoms with Gasteiger partial charge in [-0.15, -0.1) is 0 Å². The van der Waals surface area contributed by atoms with Gasteiger partial charge in [0.1, 0.15) is 24.0 Å². The molecular weight excluding hydrogens is 586 g/mol. The van der Waals surface area contributed by atoms with E-state index in [0.29, 0.717) is 5.71 Å². The van der Waals surface area contributed by atoms with Crippen molar-refractivity contribution >= 4 is 34.3 Å². The number of carbonyl (C=O) groups excluding carboxylic acids is 3. The molecule has 1 unspecified atom stereocenters. The lowest BCUT2D eigenvalue weighted by molar-refractivity contribution is -0.157. The Balaban J connectivity index is 1.57. The first-order chi connectivity index (χ1) is 20.6. The van der Waals surface area contributed by atoms with Crippen LogP contribution in [-0.2, 0) is 31.0 Å². The number of amides is 1. The minimum atomic E-state index is -1.85. The first kappa shape index (κ1) is 32.5. The van der Waals surface area contributed by atoms with Crippen molar-refractivity contribution in [2.45, 2.75) is 71.1 Å². The van der Waals surface area contributed by atoms with Gasteiger partial charge in [0.15, 0.2) is 23.2 Å². The molecule has 1 amide bonds. The quantitative estimate of drug-likeness (QED) is 0.190. The van der Waals surface area contributed by atoms with Gasteiger partial charge in [-0.3, -0.25) is 14.4 Å². The fraction of sp³-hybridized carbons (Fsp3) is 0.419. The summed E-state index contributed by atoms with van der Waals surface area (Å²) in [6, 6.07) is 6.11. The lowest BCUT2D eigenvalue weighted by Crippen LogP contribution is -2.54. The predicted octanol–water partition coefficient (Wildman–Crippen LogP) is 5.18. The number of esters is 1. The van der Waals surface area contributed by atoms with Crippen LogP contribution in [0, 0.1) is 30.2 Å². The summed E-state index contributed by atoms with van der Waals surface area (Å²) in [7, 11) is 1.87. The Morgan fingerprint density at radius 1 is 1.11 bits per heavy atom. The molecule has 2 heterocycles. The Morgan fingerprint density at radius 2 is 1.75 bits per heavy atom. The average Bonchev–Trinajstić information content (AvgIpc) is 3.50. The van der Waals surface area contributed by atoms with Crippen LogP contribution in [0.1, 0.15) is 58.2 Å². The van der Waals surface area contributed by atoms with Crippen LogP contribution in [0.3, 0.4) is 0 Å². The number of nitrogens with one attached hydrogen (secondary N) is 1. The molecule has 1 N–H and O–H groups in total. The maximum Gasteiger partial charge on any atom is 0.308 e. The second-order valence-corrected chi connectivity index (χ2v) is 11.6. The van der Waals surface area contributed by atoms with Gasteiger partial charge in [-0.1, -0.05) is 30.3 Å². The number of oxime groups is 1. The number of nitrogens with zero attached hydrogens (tertiary/aromatic N) is 2. The molecule has 3 aromatic rings. The van der Waals surface area contributed by atoms with Gasteiger partial charge in [0.25, 0.3) is 5.91 Å². The number of aryl methyl sites for hydroxylation is 2. The highest BCUT2D eigenvalue weighted by molar-refractivity contribution is 6.09. The molecule has 0 saturated heterocycles. The maximum absolute atomic E-state index is 14.1. The van der Waals surface area contributed by atoms with Gasteiger partial charge in [0, 0.05) is 30.4 Å². The van der Waals surface area contributed by atoms with Crippen molar-refractivity contribution in [1.29, 1.82) is 0 Å². The fourth-order valence-electron chi connectivity index (χ4n) is 5.08. The van der Waals surface area contributed by atoms with E-state index in [1.165, 1.54) is 0 Å². The Kier molecular flexibility index (Phi) is 9.08. The van der Waals surface area contributed by atoms with Crippen molar-refractivity contribution in [3.8, 4) is 5.75 Å². The van der Waals surface area contributed by atoms with E-state index in [2.05, 4.69) is 10.5 Å². The van der Waals surface area contributed by atoms with E-state index in [4.69, 9.17) is 14.3 Å². The fourth-order valence-corrected chi connectivity index (χ4v) is 5.08. The van der Waals surface area contributed by atoms with Gasteiger partial charge in [-0.05, 0) is 45.7 Å². The van der Waals surface area contributed by atoms with E-state index in [-0.39, 0.29) is 18.9 Å². The molecular formula is C31H33F4N3O6. The number of hydrogen-bond donors (Lipinski definition) is 1. The van der Waals surface area contributed by atoms with Gasteiger partial charge in [-0.25, -0.2) is 8.78 Å². The van der Waals surface area contributed by atoms with Gasteiger partial charge >= 0.3 is 5.97 Å². The van der Waals surface area contributed by atoms with Gasteiger partial charge in [0.05, 0.1) is 12.1 Å². The first-order valence-electron chi connectivity index (χ1n) is 13.9. The van der Waals surface area contributed by atoms with Crippen molar-refractivity contribution in [2.24, 2.45) is 12.2 Å². The summed E-state index contributed by atoms with van der Waals surface area (Å²) >= 11 is 0. The van der Waals surface area contributed by atoms with Crippen LogP contribution in [0.25, 0.3) is 10.9 Å². The Labute approximate surface area is 251 Å². The van der Waals surface area contributed by atoms with Crippen molar-refractivity contribution in [3.63, 3.8) is 0 Å². The summed E-state index contributed by atoms with van der Waals surface area (Å²) in [4.78, 5) is 45.2. The van der Waals surface area contributed by atoms with Gasteiger partial charge < -0.3 is 24.2 Å². The van der Waals surface area contributed by atoms with E-state index >= 15 is 0 Å². The monoisotopic (exact) mass is 619 g/mol. The van der Waals surface area contributed by atoms with Gasteiger partial charge in [0.2, 0.25) is 17.2 Å². The highest BCUT2D eigenvalue weighted by atomic mass is 19.2. The number of halogens is 4. The van der Waals surface area contributed by atoms with E-state index in [0.717, 1.165) is 22.2 Å². The van der Waals surface area contributed by atoms with E-state index in [1.54, 1.807) is 27.7 Å². The van der Waals surface area contributed by atoms with E-state index in [1.807, 2.05) is 42.8 Å².